The minimum absolute atomic E-state index is 0. The molecular weight excluding hydrogens is 264 g/mol. The average molecular weight is 285 g/mol. The van der Waals surface area contributed by atoms with Crippen molar-refractivity contribution < 1.29 is 9.90 Å². The van der Waals surface area contributed by atoms with Crippen molar-refractivity contribution in [3.63, 3.8) is 0 Å². The molecule has 1 aromatic rings. The maximum Gasteiger partial charge on any atom is 0.241 e. The van der Waals surface area contributed by atoms with E-state index in [1.807, 2.05) is 26.0 Å². The lowest BCUT2D eigenvalue weighted by molar-refractivity contribution is -0.118. The number of aryl methyl sites for hydroxylation is 1. The monoisotopic (exact) mass is 284 g/mol. The van der Waals surface area contributed by atoms with Gasteiger partial charge in [-0.25, -0.2) is 0 Å². The highest BCUT2D eigenvalue weighted by Gasteiger charge is 2.21. The molecule has 1 aromatic carbocycles. The Labute approximate surface area is 120 Å². The van der Waals surface area contributed by atoms with Gasteiger partial charge in [-0.15, -0.1) is 12.4 Å². The number of hydrogen-bond acceptors (Lipinski definition) is 3. The standard InChI is InChI=1S/C14H20N2O2.ClH/c1-9-6-7-11(10(2)13(9)17)16-14(18)12-5-3-4-8-15-12;/h6-7,12,15,17H,3-5,8H2,1-2H3,(H,16,18);1H/t12-;/m1./s1. The molecule has 1 aliphatic rings. The SMILES string of the molecule is Cc1ccc(NC(=O)[C@H]2CCCCN2)c(C)c1O.Cl. The van der Waals surface area contributed by atoms with Gasteiger partial charge in [0.25, 0.3) is 0 Å². The van der Waals surface area contributed by atoms with E-state index in [-0.39, 0.29) is 30.1 Å². The number of amides is 1. The zero-order valence-corrected chi connectivity index (χ0v) is 12.1. The van der Waals surface area contributed by atoms with E-state index in [9.17, 15) is 9.90 Å². The fraction of sp³-hybridized carbons (Fsp3) is 0.500. The summed E-state index contributed by atoms with van der Waals surface area (Å²) in [6.45, 7) is 4.55. The summed E-state index contributed by atoms with van der Waals surface area (Å²) in [5, 5.41) is 15.9. The van der Waals surface area contributed by atoms with Crippen molar-refractivity contribution in [2.75, 3.05) is 11.9 Å². The molecule has 1 atom stereocenters. The number of phenolic OH excluding ortho intramolecular Hbond substituents is 1. The van der Waals surface area contributed by atoms with Crippen molar-refractivity contribution in [1.82, 2.24) is 5.32 Å². The second-order valence-electron chi connectivity index (χ2n) is 4.90. The smallest absolute Gasteiger partial charge is 0.241 e. The number of phenols is 1. The third-order valence-corrected chi connectivity index (χ3v) is 3.52. The van der Waals surface area contributed by atoms with Crippen LogP contribution in [0.2, 0.25) is 0 Å². The maximum atomic E-state index is 12.1. The molecule has 0 spiro atoms. The summed E-state index contributed by atoms with van der Waals surface area (Å²) in [5.74, 6) is 0.241. The van der Waals surface area contributed by atoms with Crippen LogP contribution < -0.4 is 10.6 Å². The molecule has 0 aromatic heterocycles. The molecule has 0 unspecified atom stereocenters. The number of nitrogens with one attached hydrogen (secondary N) is 2. The highest BCUT2D eigenvalue weighted by atomic mass is 35.5. The number of halogens is 1. The summed E-state index contributed by atoms with van der Waals surface area (Å²) in [4.78, 5) is 12.1. The molecule has 1 amide bonds. The van der Waals surface area contributed by atoms with E-state index < -0.39 is 0 Å². The van der Waals surface area contributed by atoms with Crippen LogP contribution in [0, 0.1) is 13.8 Å². The van der Waals surface area contributed by atoms with Gasteiger partial charge in [0.15, 0.2) is 0 Å². The number of piperidine rings is 1. The largest absolute Gasteiger partial charge is 0.507 e. The molecule has 19 heavy (non-hydrogen) atoms. The molecule has 1 heterocycles. The van der Waals surface area contributed by atoms with Crippen molar-refractivity contribution in [2.45, 2.75) is 39.2 Å². The Kier molecular flexibility index (Phi) is 5.63. The van der Waals surface area contributed by atoms with Crippen molar-refractivity contribution in [1.29, 1.82) is 0 Å². The molecule has 1 saturated heterocycles. The van der Waals surface area contributed by atoms with Crippen LogP contribution >= 0.6 is 12.4 Å². The number of rotatable bonds is 2. The summed E-state index contributed by atoms with van der Waals surface area (Å²) in [6, 6.07) is 3.54. The van der Waals surface area contributed by atoms with E-state index in [0.29, 0.717) is 5.69 Å². The second-order valence-corrected chi connectivity index (χ2v) is 4.90. The Balaban J connectivity index is 0.00000180. The van der Waals surface area contributed by atoms with E-state index in [4.69, 9.17) is 0 Å². The minimum Gasteiger partial charge on any atom is -0.507 e. The molecule has 5 heteroatoms. The van der Waals surface area contributed by atoms with Gasteiger partial charge in [0.2, 0.25) is 5.91 Å². The van der Waals surface area contributed by atoms with Crippen LogP contribution in [0.25, 0.3) is 0 Å². The molecule has 1 aliphatic heterocycles. The van der Waals surface area contributed by atoms with Gasteiger partial charge in [0, 0.05) is 11.3 Å². The number of anilines is 1. The van der Waals surface area contributed by atoms with Crippen LogP contribution in [0.15, 0.2) is 12.1 Å². The van der Waals surface area contributed by atoms with Gasteiger partial charge in [0.1, 0.15) is 5.75 Å². The molecule has 1 fully saturated rings. The first-order chi connectivity index (χ1) is 8.59. The Morgan fingerprint density at radius 2 is 2.11 bits per heavy atom. The average Bonchev–Trinajstić information content (AvgIpc) is 2.40. The van der Waals surface area contributed by atoms with Gasteiger partial charge in [-0.3, -0.25) is 4.79 Å². The van der Waals surface area contributed by atoms with Crippen LogP contribution in [0.1, 0.15) is 30.4 Å². The van der Waals surface area contributed by atoms with Gasteiger partial charge in [-0.2, -0.15) is 0 Å². The summed E-state index contributed by atoms with van der Waals surface area (Å²) >= 11 is 0. The van der Waals surface area contributed by atoms with Gasteiger partial charge in [0.05, 0.1) is 6.04 Å². The van der Waals surface area contributed by atoms with Crippen molar-refractivity contribution in [2.24, 2.45) is 0 Å². The van der Waals surface area contributed by atoms with E-state index in [2.05, 4.69) is 10.6 Å². The molecule has 0 radical (unpaired) electrons. The Morgan fingerprint density at radius 3 is 2.74 bits per heavy atom. The highest BCUT2D eigenvalue weighted by Crippen LogP contribution is 2.28. The van der Waals surface area contributed by atoms with Crippen molar-refractivity contribution in [3.8, 4) is 5.75 Å². The molecule has 4 nitrogen and oxygen atoms in total. The zero-order chi connectivity index (χ0) is 13.1. The Morgan fingerprint density at radius 1 is 1.37 bits per heavy atom. The number of carbonyl (C=O) groups excluding carboxylic acids is 1. The lowest BCUT2D eigenvalue weighted by Crippen LogP contribution is -2.43. The van der Waals surface area contributed by atoms with Gasteiger partial charge >= 0.3 is 0 Å². The van der Waals surface area contributed by atoms with Crippen LogP contribution in [-0.4, -0.2) is 23.6 Å². The molecule has 0 bridgehead atoms. The van der Waals surface area contributed by atoms with Crippen molar-refractivity contribution in [3.05, 3.63) is 23.3 Å². The topological polar surface area (TPSA) is 61.4 Å². The molecular formula is C14H21ClN2O2. The number of aromatic hydroxyl groups is 1. The number of benzene rings is 1. The normalized spacial score (nSPS) is 18.5. The minimum atomic E-state index is -0.110. The first-order valence-electron chi connectivity index (χ1n) is 6.43. The Hall–Kier alpha value is -1.26. The number of carbonyl (C=O) groups is 1. The molecule has 2 rings (SSSR count). The van der Waals surface area contributed by atoms with Gasteiger partial charge < -0.3 is 15.7 Å². The fourth-order valence-electron chi connectivity index (χ4n) is 2.27. The quantitative estimate of drug-likeness (QED) is 0.782. The van der Waals surface area contributed by atoms with E-state index in [0.717, 1.165) is 36.9 Å². The first-order valence-corrected chi connectivity index (χ1v) is 6.43. The zero-order valence-electron chi connectivity index (χ0n) is 11.3. The van der Waals surface area contributed by atoms with Crippen molar-refractivity contribution >= 4 is 24.0 Å². The third kappa shape index (κ3) is 3.61. The Bertz CT molecular complexity index is 457. The predicted octanol–water partition coefficient (Wildman–Crippen LogP) is 2.51. The van der Waals surface area contributed by atoms with Gasteiger partial charge in [-0.1, -0.05) is 12.5 Å². The lowest BCUT2D eigenvalue weighted by Gasteiger charge is -2.23. The van der Waals surface area contributed by atoms with Crippen LogP contribution in [-0.2, 0) is 4.79 Å². The lowest BCUT2D eigenvalue weighted by atomic mass is 10.0. The summed E-state index contributed by atoms with van der Waals surface area (Å²) < 4.78 is 0. The molecule has 106 valence electrons. The third-order valence-electron chi connectivity index (χ3n) is 3.52. The summed E-state index contributed by atoms with van der Waals surface area (Å²) in [5.41, 5.74) is 2.23. The maximum absolute atomic E-state index is 12.1. The summed E-state index contributed by atoms with van der Waals surface area (Å²) in [7, 11) is 0. The fourth-order valence-corrected chi connectivity index (χ4v) is 2.27. The predicted molar refractivity (Wildman–Crippen MR) is 79.1 cm³/mol. The molecule has 0 aliphatic carbocycles. The van der Waals surface area contributed by atoms with Crippen LogP contribution in [0.3, 0.4) is 0 Å². The van der Waals surface area contributed by atoms with Crippen LogP contribution in [0.5, 0.6) is 5.75 Å². The van der Waals surface area contributed by atoms with E-state index >= 15 is 0 Å². The highest BCUT2D eigenvalue weighted by molar-refractivity contribution is 5.95. The van der Waals surface area contributed by atoms with Gasteiger partial charge in [-0.05, 0) is 44.9 Å². The van der Waals surface area contributed by atoms with Crippen LogP contribution in [0.4, 0.5) is 5.69 Å². The molecule has 3 N–H and O–H groups in total. The molecule has 0 saturated carbocycles. The second kappa shape index (κ2) is 6.78. The summed E-state index contributed by atoms with van der Waals surface area (Å²) in [6.07, 6.45) is 3.10. The number of hydrogen-bond donors (Lipinski definition) is 3. The van der Waals surface area contributed by atoms with E-state index in [1.54, 1.807) is 0 Å². The van der Waals surface area contributed by atoms with E-state index in [1.165, 1.54) is 0 Å². The first kappa shape index (κ1) is 15.8.